The number of benzene rings is 2. The van der Waals surface area contributed by atoms with Crippen molar-refractivity contribution in [1.29, 1.82) is 0 Å². The Morgan fingerprint density at radius 2 is 1.59 bits per heavy atom. The maximum absolute atomic E-state index is 12.7. The van der Waals surface area contributed by atoms with Crippen LogP contribution in [-0.4, -0.2) is 28.7 Å². The lowest BCUT2D eigenvalue weighted by molar-refractivity contribution is -0.132. The van der Waals surface area contributed by atoms with Crippen LogP contribution in [-0.2, 0) is 4.79 Å². The van der Waals surface area contributed by atoms with E-state index in [1.807, 2.05) is 54.6 Å². The molecule has 1 aliphatic carbocycles. The summed E-state index contributed by atoms with van der Waals surface area (Å²) < 4.78 is 0. The van der Waals surface area contributed by atoms with Crippen molar-refractivity contribution in [3.63, 3.8) is 0 Å². The Balaban J connectivity index is 1.43. The Morgan fingerprint density at radius 3 is 2.30 bits per heavy atom. The summed E-state index contributed by atoms with van der Waals surface area (Å²) in [7, 11) is 0. The lowest BCUT2D eigenvalue weighted by Gasteiger charge is -2.29. The van der Waals surface area contributed by atoms with Crippen molar-refractivity contribution in [2.75, 3.05) is 5.32 Å². The van der Waals surface area contributed by atoms with Gasteiger partial charge in [-0.25, -0.2) is 4.79 Å². The standard InChI is InChI=1S/C21H22N4O2/c26-19-21(13-5-2-6-14-21)24-20(27)25(19)22-15-16-9-11-18(12-10-16)23-17-7-3-1-4-8-17/h1,3-4,7-12,15,23H,2,5-6,13-14H2,(H,24,27)/b22-15-. The lowest BCUT2D eigenvalue weighted by Crippen LogP contribution is -2.48. The number of hydrogen-bond donors (Lipinski definition) is 2. The maximum Gasteiger partial charge on any atom is 0.346 e. The van der Waals surface area contributed by atoms with Crippen LogP contribution in [0.1, 0.15) is 37.7 Å². The summed E-state index contributed by atoms with van der Waals surface area (Å²) in [6.07, 6.45) is 5.97. The second-order valence-electron chi connectivity index (χ2n) is 7.05. The molecule has 0 bridgehead atoms. The van der Waals surface area contributed by atoms with Crippen LogP contribution in [0, 0.1) is 0 Å². The monoisotopic (exact) mass is 362 g/mol. The highest BCUT2D eigenvalue weighted by Gasteiger charge is 2.51. The molecule has 6 nitrogen and oxygen atoms in total. The summed E-state index contributed by atoms with van der Waals surface area (Å²) in [5.74, 6) is -0.231. The second-order valence-corrected chi connectivity index (χ2v) is 7.05. The molecule has 138 valence electrons. The van der Waals surface area contributed by atoms with Gasteiger partial charge >= 0.3 is 6.03 Å². The molecule has 1 aliphatic heterocycles. The minimum atomic E-state index is -0.740. The number of anilines is 2. The van der Waals surface area contributed by atoms with E-state index in [1.165, 1.54) is 0 Å². The number of urea groups is 1. The third kappa shape index (κ3) is 3.56. The van der Waals surface area contributed by atoms with E-state index >= 15 is 0 Å². The van der Waals surface area contributed by atoms with Gasteiger partial charge in [0.2, 0.25) is 0 Å². The van der Waals surface area contributed by atoms with Crippen LogP contribution in [0.3, 0.4) is 0 Å². The van der Waals surface area contributed by atoms with Crippen LogP contribution in [0.15, 0.2) is 59.7 Å². The average Bonchev–Trinajstić information content (AvgIpc) is 2.92. The van der Waals surface area contributed by atoms with Gasteiger partial charge in [-0.05, 0) is 42.7 Å². The van der Waals surface area contributed by atoms with E-state index in [0.717, 1.165) is 41.2 Å². The molecule has 0 radical (unpaired) electrons. The number of carbonyl (C=O) groups is 2. The van der Waals surface area contributed by atoms with E-state index in [2.05, 4.69) is 15.7 Å². The zero-order valence-electron chi connectivity index (χ0n) is 15.0. The van der Waals surface area contributed by atoms with Crippen LogP contribution in [0.2, 0.25) is 0 Å². The summed E-state index contributed by atoms with van der Waals surface area (Å²) >= 11 is 0. The van der Waals surface area contributed by atoms with E-state index in [-0.39, 0.29) is 5.91 Å². The highest BCUT2D eigenvalue weighted by atomic mass is 16.2. The summed E-state index contributed by atoms with van der Waals surface area (Å²) in [6.45, 7) is 0. The van der Waals surface area contributed by atoms with E-state index in [0.29, 0.717) is 12.8 Å². The number of para-hydroxylation sites is 1. The number of rotatable bonds is 4. The molecule has 1 saturated carbocycles. The molecule has 27 heavy (non-hydrogen) atoms. The maximum atomic E-state index is 12.7. The quantitative estimate of drug-likeness (QED) is 0.637. The molecule has 0 unspecified atom stereocenters. The molecular formula is C21H22N4O2. The molecule has 2 aromatic carbocycles. The molecule has 1 saturated heterocycles. The largest absolute Gasteiger partial charge is 0.356 e. The van der Waals surface area contributed by atoms with Gasteiger partial charge in [-0.3, -0.25) is 4.79 Å². The molecule has 6 heteroatoms. The Hall–Kier alpha value is -3.15. The first kappa shape index (κ1) is 17.3. The van der Waals surface area contributed by atoms with Crippen molar-refractivity contribution in [2.45, 2.75) is 37.6 Å². The SMILES string of the molecule is O=C1NC2(CCCCC2)C(=O)N1/N=C\c1ccc(Nc2ccccc2)cc1. The van der Waals surface area contributed by atoms with E-state index < -0.39 is 11.6 Å². The van der Waals surface area contributed by atoms with Crippen molar-refractivity contribution >= 4 is 29.5 Å². The van der Waals surface area contributed by atoms with Gasteiger partial charge in [-0.1, -0.05) is 49.6 Å². The zero-order chi connectivity index (χ0) is 18.7. The van der Waals surface area contributed by atoms with Gasteiger partial charge in [-0.15, -0.1) is 5.01 Å². The fraction of sp³-hybridized carbons (Fsp3) is 0.286. The van der Waals surface area contributed by atoms with E-state index in [9.17, 15) is 9.59 Å². The molecular weight excluding hydrogens is 340 g/mol. The molecule has 4 rings (SSSR count). The van der Waals surface area contributed by atoms with Gasteiger partial charge in [-0.2, -0.15) is 5.10 Å². The van der Waals surface area contributed by atoms with Gasteiger partial charge in [0, 0.05) is 11.4 Å². The first-order valence-corrected chi connectivity index (χ1v) is 9.29. The number of nitrogens with one attached hydrogen (secondary N) is 2. The number of hydrazone groups is 1. The molecule has 2 N–H and O–H groups in total. The van der Waals surface area contributed by atoms with Crippen molar-refractivity contribution in [3.8, 4) is 0 Å². The first-order chi connectivity index (χ1) is 13.2. The van der Waals surface area contributed by atoms with Crippen LogP contribution < -0.4 is 10.6 Å². The van der Waals surface area contributed by atoms with Crippen molar-refractivity contribution in [2.24, 2.45) is 5.10 Å². The van der Waals surface area contributed by atoms with Crippen molar-refractivity contribution in [3.05, 3.63) is 60.2 Å². The van der Waals surface area contributed by atoms with E-state index in [4.69, 9.17) is 0 Å². The van der Waals surface area contributed by atoms with Gasteiger partial charge in [0.15, 0.2) is 0 Å². The Morgan fingerprint density at radius 1 is 0.926 bits per heavy atom. The van der Waals surface area contributed by atoms with E-state index in [1.54, 1.807) is 6.21 Å². The summed E-state index contributed by atoms with van der Waals surface area (Å²) in [6, 6.07) is 17.1. The predicted octanol–water partition coefficient (Wildman–Crippen LogP) is 4.02. The second kappa shape index (κ2) is 7.23. The van der Waals surface area contributed by atoms with Crippen LogP contribution >= 0.6 is 0 Å². The average molecular weight is 362 g/mol. The Bertz CT molecular complexity index is 856. The molecule has 0 aromatic heterocycles. The van der Waals surface area contributed by atoms with Crippen LogP contribution in [0.25, 0.3) is 0 Å². The van der Waals surface area contributed by atoms with Crippen molar-refractivity contribution < 1.29 is 9.59 Å². The Labute approximate surface area is 158 Å². The number of nitrogens with zero attached hydrogens (tertiary/aromatic N) is 2. The number of amides is 3. The fourth-order valence-electron chi connectivity index (χ4n) is 3.67. The number of carbonyl (C=O) groups excluding carboxylic acids is 2. The minimum Gasteiger partial charge on any atom is -0.356 e. The summed E-state index contributed by atoms with van der Waals surface area (Å²) in [4.78, 5) is 24.9. The van der Waals surface area contributed by atoms with Crippen LogP contribution in [0.4, 0.5) is 16.2 Å². The molecule has 1 spiro atoms. The molecule has 2 aromatic rings. The predicted molar refractivity (Wildman–Crippen MR) is 105 cm³/mol. The Kier molecular flexibility index (Phi) is 4.62. The third-order valence-corrected chi connectivity index (χ3v) is 5.14. The highest BCUT2D eigenvalue weighted by Crippen LogP contribution is 2.33. The number of hydrogen-bond acceptors (Lipinski definition) is 4. The molecule has 0 atom stereocenters. The zero-order valence-corrected chi connectivity index (χ0v) is 15.0. The highest BCUT2D eigenvalue weighted by molar-refractivity contribution is 6.07. The van der Waals surface area contributed by atoms with Gasteiger partial charge < -0.3 is 10.6 Å². The third-order valence-electron chi connectivity index (χ3n) is 5.14. The smallest absolute Gasteiger partial charge is 0.346 e. The van der Waals surface area contributed by atoms with Gasteiger partial charge in [0.05, 0.1) is 6.21 Å². The number of imide groups is 1. The molecule has 3 amide bonds. The van der Waals surface area contributed by atoms with Crippen LogP contribution in [0.5, 0.6) is 0 Å². The minimum absolute atomic E-state index is 0.231. The normalized spacial score (nSPS) is 18.9. The summed E-state index contributed by atoms with van der Waals surface area (Å²) in [5, 5.41) is 11.3. The van der Waals surface area contributed by atoms with Gasteiger partial charge in [0.1, 0.15) is 5.54 Å². The topological polar surface area (TPSA) is 73.8 Å². The lowest BCUT2D eigenvalue weighted by atomic mass is 9.82. The van der Waals surface area contributed by atoms with Crippen molar-refractivity contribution in [1.82, 2.24) is 10.3 Å². The molecule has 2 aliphatic rings. The van der Waals surface area contributed by atoms with Gasteiger partial charge in [0.25, 0.3) is 5.91 Å². The molecule has 1 heterocycles. The first-order valence-electron chi connectivity index (χ1n) is 9.29. The summed E-state index contributed by atoms with van der Waals surface area (Å²) in [5.41, 5.74) is 2.04. The fourth-order valence-corrected chi connectivity index (χ4v) is 3.67. The molecule has 2 fully saturated rings.